The van der Waals surface area contributed by atoms with Crippen LogP contribution in [0, 0.1) is 5.92 Å². The number of aliphatic hydroxyl groups is 1. The molecule has 1 aromatic rings. The molecule has 2 fully saturated rings. The monoisotopic (exact) mass is 356 g/mol. The molecule has 1 aliphatic carbocycles. The summed E-state index contributed by atoms with van der Waals surface area (Å²) < 4.78 is 0. The molecule has 1 heterocycles. The van der Waals surface area contributed by atoms with Gasteiger partial charge in [-0.25, -0.2) is 4.79 Å². The van der Waals surface area contributed by atoms with Gasteiger partial charge in [0.2, 0.25) is 0 Å². The molecule has 6 heteroatoms. The highest BCUT2D eigenvalue weighted by molar-refractivity contribution is 6.42. The molecule has 0 radical (unpaired) electrons. The summed E-state index contributed by atoms with van der Waals surface area (Å²) in [5.74, 6) is 0.405. The number of hydrogen-bond donors (Lipinski definition) is 2. The van der Waals surface area contributed by atoms with Crippen LogP contribution in [0.25, 0.3) is 0 Å². The molecule has 4 nitrogen and oxygen atoms in total. The van der Waals surface area contributed by atoms with Gasteiger partial charge in [-0.05, 0) is 49.8 Å². The molecular weight excluding hydrogens is 335 g/mol. The SMILES string of the molecule is O=C(Nc1ccc(Cl)c(Cl)c1)N1CCC(O)(C2CCCC2)CC1. The number of nitrogens with zero attached hydrogens (tertiary/aromatic N) is 1. The molecule has 2 amide bonds. The van der Waals surface area contributed by atoms with E-state index in [1.54, 1.807) is 23.1 Å². The number of piperidine rings is 1. The van der Waals surface area contributed by atoms with Crippen LogP contribution < -0.4 is 5.32 Å². The third-order valence-electron chi connectivity index (χ3n) is 5.20. The Hall–Kier alpha value is -0.970. The number of carbonyl (C=O) groups excluding carboxylic acids is 1. The van der Waals surface area contributed by atoms with E-state index in [-0.39, 0.29) is 6.03 Å². The van der Waals surface area contributed by atoms with Gasteiger partial charge in [0, 0.05) is 18.8 Å². The number of anilines is 1. The largest absolute Gasteiger partial charge is 0.389 e. The Kier molecular flexibility index (Phi) is 5.04. The predicted molar refractivity (Wildman–Crippen MR) is 93.2 cm³/mol. The molecule has 126 valence electrons. The second-order valence-electron chi connectivity index (χ2n) is 6.63. The van der Waals surface area contributed by atoms with E-state index in [0.29, 0.717) is 47.6 Å². The Morgan fingerprint density at radius 2 is 1.83 bits per heavy atom. The fourth-order valence-electron chi connectivity index (χ4n) is 3.74. The zero-order chi connectivity index (χ0) is 16.4. The van der Waals surface area contributed by atoms with Crippen LogP contribution in [0.15, 0.2) is 18.2 Å². The number of amides is 2. The fourth-order valence-corrected chi connectivity index (χ4v) is 4.04. The molecule has 23 heavy (non-hydrogen) atoms. The minimum atomic E-state index is -0.586. The summed E-state index contributed by atoms with van der Waals surface area (Å²) in [5.41, 5.74) is 0.0395. The lowest BCUT2D eigenvalue weighted by atomic mass is 9.78. The average molecular weight is 357 g/mol. The van der Waals surface area contributed by atoms with Crippen molar-refractivity contribution in [2.24, 2.45) is 5.92 Å². The Morgan fingerprint density at radius 3 is 2.43 bits per heavy atom. The van der Waals surface area contributed by atoms with E-state index in [1.807, 2.05) is 0 Å². The molecule has 0 unspecified atom stereocenters. The molecular formula is C17H22Cl2N2O2. The van der Waals surface area contributed by atoms with Gasteiger partial charge in [0.25, 0.3) is 0 Å². The van der Waals surface area contributed by atoms with Crippen molar-refractivity contribution in [1.29, 1.82) is 0 Å². The van der Waals surface area contributed by atoms with E-state index in [4.69, 9.17) is 23.2 Å². The Bertz CT molecular complexity index is 580. The normalized spacial score (nSPS) is 21.4. The minimum Gasteiger partial charge on any atom is -0.389 e. The van der Waals surface area contributed by atoms with E-state index in [2.05, 4.69) is 5.32 Å². The first kappa shape index (κ1) is 16.9. The second kappa shape index (κ2) is 6.88. The maximum Gasteiger partial charge on any atom is 0.321 e. The zero-order valence-electron chi connectivity index (χ0n) is 13.0. The molecule has 2 N–H and O–H groups in total. The van der Waals surface area contributed by atoms with Crippen molar-refractivity contribution in [3.05, 3.63) is 28.2 Å². The molecule has 1 saturated heterocycles. The van der Waals surface area contributed by atoms with Gasteiger partial charge >= 0.3 is 6.03 Å². The number of nitrogens with one attached hydrogen (secondary N) is 1. The van der Waals surface area contributed by atoms with E-state index in [0.717, 1.165) is 12.8 Å². The zero-order valence-corrected chi connectivity index (χ0v) is 14.5. The number of hydrogen-bond acceptors (Lipinski definition) is 2. The van der Waals surface area contributed by atoms with Crippen LogP contribution in [0.5, 0.6) is 0 Å². The summed E-state index contributed by atoms with van der Waals surface area (Å²) in [4.78, 5) is 14.1. The summed E-state index contributed by atoms with van der Waals surface area (Å²) in [6.45, 7) is 1.17. The van der Waals surface area contributed by atoms with Crippen LogP contribution in [0.4, 0.5) is 10.5 Å². The number of benzene rings is 1. The van der Waals surface area contributed by atoms with Crippen LogP contribution in [0.2, 0.25) is 10.0 Å². The van der Waals surface area contributed by atoms with Crippen molar-refractivity contribution in [2.75, 3.05) is 18.4 Å². The summed E-state index contributed by atoms with van der Waals surface area (Å²) in [5, 5.41) is 14.6. The number of halogens is 2. The maximum atomic E-state index is 12.4. The van der Waals surface area contributed by atoms with Crippen molar-refractivity contribution in [3.63, 3.8) is 0 Å². The van der Waals surface area contributed by atoms with Crippen molar-refractivity contribution in [1.82, 2.24) is 4.90 Å². The van der Waals surface area contributed by atoms with Crippen molar-refractivity contribution < 1.29 is 9.90 Å². The molecule has 1 aliphatic heterocycles. The predicted octanol–water partition coefficient (Wildman–Crippen LogP) is 4.54. The first-order chi connectivity index (χ1) is 11.0. The lowest BCUT2D eigenvalue weighted by Gasteiger charge is -2.41. The standard InChI is InChI=1S/C17H22Cl2N2O2/c18-14-6-5-13(11-15(14)19)20-16(22)21-9-7-17(23,8-10-21)12-3-1-2-4-12/h5-6,11-12,23H,1-4,7-10H2,(H,20,22). The third kappa shape index (κ3) is 3.76. The van der Waals surface area contributed by atoms with Crippen LogP contribution >= 0.6 is 23.2 Å². The van der Waals surface area contributed by atoms with E-state index >= 15 is 0 Å². The van der Waals surface area contributed by atoms with Gasteiger partial charge in [0.15, 0.2) is 0 Å². The van der Waals surface area contributed by atoms with E-state index in [1.165, 1.54) is 12.8 Å². The first-order valence-electron chi connectivity index (χ1n) is 8.21. The summed E-state index contributed by atoms with van der Waals surface area (Å²) in [6.07, 6.45) is 5.99. The van der Waals surface area contributed by atoms with Gasteiger partial charge in [-0.2, -0.15) is 0 Å². The maximum absolute atomic E-state index is 12.4. The van der Waals surface area contributed by atoms with Crippen molar-refractivity contribution >= 4 is 34.9 Å². The Morgan fingerprint density at radius 1 is 1.17 bits per heavy atom. The highest BCUT2D eigenvalue weighted by atomic mass is 35.5. The Balaban J connectivity index is 1.56. The topological polar surface area (TPSA) is 52.6 Å². The molecule has 2 aliphatic rings. The van der Waals surface area contributed by atoms with Gasteiger partial charge in [0.05, 0.1) is 15.6 Å². The lowest BCUT2D eigenvalue weighted by Crippen LogP contribution is -2.50. The highest BCUT2D eigenvalue weighted by Gasteiger charge is 2.41. The lowest BCUT2D eigenvalue weighted by molar-refractivity contribution is -0.0574. The number of urea groups is 1. The van der Waals surface area contributed by atoms with Gasteiger partial charge in [-0.15, -0.1) is 0 Å². The Labute approximate surface area is 146 Å². The van der Waals surface area contributed by atoms with Crippen LogP contribution in [-0.2, 0) is 0 Å². The van der Waals surface area contributed by atoms with E-state index in [9.17, 15) is 9.90 Å². The summed E-state index contributed by atoms with van der Waals surface area (Å²) in [6, 6.07) is 4.87. The van der Waals surface area contributed by atoms with Crippen LogP contribution in [-0.4, -0.2) is 34.7 Å². The van der Waals surface area contributed by atoms with Crippen molar-refractivity contribution in [2.45, 2.75) is 44.1 Å². The summed E-state index contributed by atoms with van der Waals surface area (Å²) >= 11 is 11.8. The third-order valence-corrected chi connectivity index (χ3v) is 5.94. The fraction of sp³-hybridized carbons (Fsp3) is 0.588. The molecule has 3 rings (SSSR count). The van der Waals surface area contributed by atoms with Gasteiger partial charge in [-0.3, -0.25) is 0 Å². The van der Waals surface area contributed by atoms with Crippen LogP contribution in [0.3, 0.4) is 0 Å². The molecule has 0 spiro atoms. The van der Waals surface area contributed by atoms with Gasteiger partial charge in [-0.1, -0.05) is 36.0 Å². The molecule has 0 atom stereocenters. The second-order valence-corrected chi connectivity index (χ2v) is 7.45. The number of likely N-dealkylation sites (tertiary alicyclic amines) is 1. The minimum absolute atomic E-state index is 0.156. The average Bonchev–Trinajstić information content (AvgIpc) is 3.07. The summed E-state index contributed by atoms with van der Waals surface area (Å²) in [7, 11) is 0. The van der Waals surface area contributed by atoms with Gasteiger partial charge in [0.1, 0.15) is 0 Å². The molecule has 1 saturated carbocycles. The van der Waals surface area contributed by atoms with Crippen LogP contribution in [0.1, 0.15) is 38.5 Å². The van der Waals surface area contributed by atoms with Gasteiger partial charge < -0.3 is 15.3 Å². The number of rotatable bonds is 2. The van der Waals surface area contributed by atoms with E-state index < -0.39 is 5.60 Å². The highest BCUT2D eigenvalue weighted by Crippen LogP contribution is 2.40. The smallest absolute Gasteiger partial charge is 0.321 e. The first-order valence-corrected chi connectivity index (χ1v) is 8.97. The molecule has 0 bridgehead atoms. The van der Waals surface area contributed by atoms with Crippen molar-refractivity contribution in [3.8, 4) is 0 Å². The molecule has 1 aromatic carbocycles. The quantitative estimate of drug-likeness (QED) is 0.816. The number of carbonyl (C=O) groups is 1. The molecule has 0 aromatic heterocycles.